The van der Waals surface area contributed by atoms with Crippen LogP contribution in [0.5, 0.6) is 0 Å². The van der Waals surface area contributed by atoms with E-state index in [9.17, 15) is 9.59 Å². The van der Waals surface area contributed by atoms with Gasteiger partial charge in [0.05, 0.1) is 17.8 Å². The molecule has 3 saturated heterocycles. The molecule has 4 heterocycles. The van der Waals surface area contributed by atoms with Crippen LogP contribution in [0.1, 0.15) is 58.6 Å². The molecule has 0 unspecified atom stereocenters. The lowest BCUT2D eigenvalue weighted by Gasteiger charge is -2.49. The van der Waals surface area contributed by atoms with Gasteiger partial charge in [0.2, 0.25) is 5.91 Å². The second-order valence-corrected chi connectivity index (χ2v) is 10.2. The first-order valence-electron chi connectivity index (χ1n) is 11.1. The number of nitrogens with zero attached hydrogens (tertiary/aromatic N) is 3. The van der Waals surface area contributed by atoms with Crippen LogP contribution in [-0.4, -0.2) is 71.2 Å². The van der Waals surface area contributed by atoms with Crippen molar-refractivity contribution in [1.82, 2.24) is 20.1 Å². The van der Waals surface area contributed by atoms with Crippen LogP contribution in [0.3, 0.4) is 0 Å². The van der Waals surface area contributed by atoms with E-state index in [0.717, 1.165) is 50.4 Å². The summed E-state index contributed by atoms with van der Waals surface area (Å²) in [6.07, 6.45) is 5.31. The van der Waals surface area contributed by atoms with Gasteiger partial charge in [-0.3, -0.25) is 4.79 Å². The normalized spacial score (nSPS) is 28.3. The molecule has 30 heavy (non-hydrogen) atoms. The Hall–Kier alpha value is -2.09. The first-order valence-corrected chi connectivity index (χ1v) is 11.1. The number of urea groups is 1. The van der Waals surface area contributed by atoms with E-state index in [1.807, 2.05) is 22.9 Å². The molecule has 3 fully saturated rings. The van der Waals surface area contributed by atoms with Gasteiger partial charge in [0.25, 0.3) is 0 Å². The molecule has 0 spiro atoms. The Morgan fingerprint density at radius 3 is 2.67 bits per heavy atom. The number of amides is 3. The van der Waals surface area contributed by atoms with E-state index in [1.54, 1.807) is 0 Å². The molecule has 166 valence electrons. The smallest absolute Gasteiger partial charge is 0.320 e. The maximum atomic E-state index is 13.1. The number of fused-ring (bicyclic) bond motifs is 1. The molecule has 3 aliphatic heterocycles. The van der Waals surface area contributed by atoms with Gasteiger partial charge in [0, 0.05) is 38.0 Å². The van der Waals surface area contributed by atoms with Crippen molar-refractivity contribution in [3.8, 4) is 0 Å². The van der Waals surface area contributed by atoms with Gasteiger partial charge < -0.3 is 24.3 Å². The summed E-state index contributed by atoms with van der Waals surface area (Å²) < 4.78 is 11.7. The fourth-order valence-electron chi connectivity index (χ4n) is 4.57. The SMILES string of the molecule is CC(C)(C)c1cnc(CC2CCN(C(=O)N3CC[C@]4(C)OCC(=O)N[C@@H]4C3)CC2)o1. The highest BCUT2D eigenvalue weighted by atomic mass is 16.5. The fraction of sp³-hybridized carbons (Fsp3) is 0.773. The standard InChI is InChI=1S/C22H34N4O4/c1-21(2,3)17-12-23-19(30-17)11-15-5-8-25(9-6-15)20(28)26-10-7-22(4)16(13-26)24-18(27)14-29-22/h12,15-16H,5-11,13-14H2,1-4H3,(H,24,27)/t16-,22+/m1/s1. The average molecular weight is 419 g/mol. The van der Waals surface area contributed by atoms with Crippen molar-refractivity contribution < 1.29 is 18.7 Å². The topological polar surface area (TPSA) is 87.9 Å². The number of carbonyl (C=O) groups excluding carboxylic acids is 2. The summed E-state index contributed by atoms with van der Waals surface area (Å²) in [7, 11) is 0. The first kappa shape index (κ1) is 21.2. The van der Waals surface area contributed by atoms with Crippen LogP contribution < -0.4 is 5.32 Å². The molecule has 1 aromatic heterocycles. The number of oxazole rings is 1. The second-order valence-electron chi connectivity index (χ2n) is 10.2. The number of piperidine rings is 2. The molecule has 0 radical (unpaired) electrons. The van der Waals surface area contributed by atoms with Gasteiger partial charge in [0.15, 0.2) is 5.89 Å². The predicted molar refractivity (Wildman–Crippen MR) is 111 cm³/mol. The molecule has 4 rings (SSSR count). The van der Waals surface area contributed by atoms with Crippen molar-refractivity contribution in [1.29, 1.82) is 0 Å². The number of morpholine rings is 1. The lowest BCUT2D eigenvalue weighted by atomic mass is 9.87. The number of hydrogen-bond acceptors (Lipinski definition) is 5. The quantitative estimate of drug-likeness (QED) is 0.796. The summed E-state index contributed by atoms with van der Waals surface area (Å²) in [5.74, 6) is 2.10. The molecule has 3 aliphatic rings. The van der Waals surface area contributed by atoms with Crippen LogP contribution in [0.4, 0.5) is 4.79 Å². The van der Waals surface area contributed by atoms with Crippen LogP contribution >= 0.6 is 0 Å². The molecule has 0 aromatic carbocycles. The van der Waals surface area contributed by atoms with Gasteiger partial charge in [0.1, 0.15) is 12.4 Å². The van der Waals surface area contributed by atoms with Crippen molar-refractivity contribution in [2.24, 2.45) is 5.92 Å². The molecule has 8 nitrogen and oxygen atoms in total. The highest BCUT2D eigenvalue weighted by Gasteiger charge is 2.46. The van der Waals surface area contributed by atoms with E-state index in [2.05, 4.69) is 31.1 Å². The van der Waals surface area contributed by atoms with Crippen LogP contribution in [-0.2, 0) is 21.4 Å². The molecule has 0 saturated carbocycles. The molecule has 1 aromatic rings. The van der Waals surface area contributed by atoms with E-state index in [-0.39, 0.29) is 35.6 Å². The third-order valence-corrected chi connectivity index (χ3v) is 6.80. The monoisotopic (exact) mass is 418 g/mol. The number of hydrogen-bond donors (Lipinski definition) is 1. The zero-order chi connectivity index (χ0) is 21.5. The van der Waals surface area contributed by atoms with Crippen molar-refractivity contribution >= 4 is 11.9 Å². The van der Waals surface area contributed by atoms with Crippen LogP contribution in [0, 0.1) is 5.92 Å². The molecule has 8 heteroatoms. The highest BCUT2D eigenvalue weighted by molar-refractivity contribution is 5.79. The predicted octanol–water partition coefficient (Wildman–Crippen LogP) is 2.33. The maximum absolute atomic E-state index is 13.1. The maximum Gasteiger partial charge on any atom is 0.320 e. The lowest BCUT2D eigenvalue weighted by Crippen LogP contribution is -2.67. The Bertz CT molecular complexity index is 793. The van der Waals surface area contributed by atoms with E-state index >= 15 is 0 Å². The minimum Gasteiger partial charge on any atom is -0.445 e. The third kappa shape index (κ3) is 4.33. The highest BCUT2D eigenvalue weighted by Crippen LogP contribution is 2.30. The summed E-state index contributed by atoms with van der Waals surface area (Å²) in [5, 5.41) is 3.00. The fourth-order valence-corrected chi connectivity index (χ4v) is 4.57. The summed E-state index contributed by atoms with van der Waals surface area (Å²) in [6.45, 7) is 11.2. The Labute approximate surface area is 178 Å². The van der Waals surface area contributed by atoms with Gasteiger partial charge in [-0.05, 0) is 32.1 Å². The average Bonchev–Trinajstić information content (AvgIpc) is 3.17. The largest absolute Gasteiger partial charge is 0.445 e. The minimum atomic E-state index is -0.375. The van der Waals surface area contributed by atoms with E-state index in [1.165, 1.54) is 0 Å². The van der Waals surface area contributed by atoms with Gasteiger partial charge in [-0.1, -0.05) is 20.8 Å². The Morgan fingerprint density at radius 2 is 2.00 bits per heavy atom. The van der Waals surface area contributed by atoms with Crippen LogP contribution in [0.2, 0.25) is 0 Å². The van der Waals surface area contributed by atoms with Gasteiger partial charge >= 0.3 is 6.03 Å². The molecule has 3 amide bonds. The Balaban J connectivity index is 1.28. The zero-order valence-corrected chi connectivity index (χ0v) is 18.6. The number of aromatic nitrogens is 1. The van der Waals surface area contributed by atoms with Crippen molar-refractivity contribution in [2.45, 2.75) is 70.4 Å². The molecule has 1 N–H and O–H groups in total. The Kier molecular flexibility index (Phi) is 5.55. The summed E-state index contributed by atoms with van der Waals surface area (Å²) in [5.41, 5.74) is -0.409. The lowest BCUT2D eigenvalue weighted by molar-refractivity contribution is -0.156. The van der Waals surface area contributed by atoms with E-state index < -0.39 is 0 Å². The number of carbonyl (C=O) groups is 2. The molecule has 2 atom stereocenters. The van der Waals surface area contributed by atoms with Gasteiger partial charge in [-0.15, -0.1) is 0 Å². The van der Waals surface area contributed by atoms with Gasteiger partial charge in [-0.25, -0.2) is 9.78 Å². The number of likely N-dealkylation sites (tertiary alicyclic amines) is 2. The van der Waals surface area contributed by atoms with Crippen molar-refractivity contribution in [3.63, 3.8) is 0 Å². The van der Waals surface area contributed by atoms with E-state index in [0.29, 0.717) is 19.0 Å². The zero-order valence-electron chi connectivity index (χ0n) is 18.6. The van der Waals surface area contributed by atoms with Gasteiger partial charge in [-0.2, -0.15) is 0 Å². The number of rotatable bonds is 2. The van der Waals surface area contributed by atoms with Crippen LogP contribution in [0.15, 0.2) is 10.6 Å². The summed E-state index contributed by atoms with van der Waals surface area (Å²) >= 11 is 0. The Morgan fingerprint density at radius 1 is 1.27 bits per heavy atom. The third-order valence-electron chi connectivity index (χ3n) is 6.80. The number of ether oxygens (including phenoxy) is 1. The number of nitrogens with one attached hydrogen (secondary N) is 1. The molecule has 0 aliphatic carbocycles. The van der Waals surface area contributed by atoms with Crippen LogP contribution in [0.25, 0.3) is 0 Å². The summed E-state index contributed by atoms with van der Waals surface area (Å²) in [6, 6.07) is -0.0718. The summed E-state index contributed by atoms with van der Waals surface area (Å²) in [4.78, 5) is 33.0. The first-order chi connectivity index (χ1) is 14.1. The molecular weight excluding hydrogens is 384 g/mol. The molecular formula is C22H34N4O4. The van der Waals surface area contributed by atoms with E-state index in [4.69, 9.17) is 9.15 Å². The molecule has 0 bridgehead atoms. The second kappa shape index (κ2) is 7.87. The van der Waals surface area contributed by atoms with Crippen molar-refractivity contribution in [3.05, 3.63) is 17.8 Å². The minimum absolute atomic E-state index is 0.0333. The van der Waals surface area contributed by atoms with Crippen molar-refractivity contribution in [2.75, 3.05) is 32.8 Å².